The predicted octanol–water partition coefficient (Wildman–Crippen LogP) is 3.98. The van der Waals surface area contributed by atoms with E-state index in [2.05, 4.69) is 4.98 Å². The maximum Gasteiger partial charge on any atom is 0.205 e. The molecule has 0 amide bonds. The highest BCUT2D eigenvalue weighted by molar-refractivity contribution is 6.20. The van der Waals surface area contributed by atoms with Crippen molar-refractivity contribution in [2.24, 2.45) is 0 Å². The number of aromatic amines is 1. The molecular formula is C20H16N2O3. The highest BCUT2D eigenvalue weighted by Crippen LogP contribution is 2.28. The van der Waals surface area contributed by atoms with Crippen LogP contribution in [0.25, 0.3) is 17.0 Å². The number of benzene rings is 2. The largest absolute Gasteiger partial charge is 0.504 e. The standard InChI is InChI=1S/C20H16N2O3/c1-12-4-3-5-16-19(12)15(11-22-16)20(24)14(10-21)8-13-6-7-18(25-2)17(23)9-13/h3-9,11,22-23H,1-2H3. The van der Waals surface area contributed by atoms with E-state index in [0.29, 0.717) is 16.9 Å². The molecule has 0 aliphatic rings. The molecule has 0 saturated carbocycles. The topological polar surface area (TPSA) is 86.1 Å². The van der Waals surface area contributed by atoms with Crippen molar-refractivity contribution in [2.45, 2.75) is 6.92 Å². The minimum atomic E-state index is -0.363. The van der Waals surface area contributed by atoms with Crippen LogP contribution in [0, 0.1) is 18.3 Å². The summed E-state index contributed by atoms with van der Waals surface area (Å²) in [5.41, 5.74) is 2.80. The van der Waals surface area contributed by atoms with Crippen LogP contribution in [0.15, 0.2) is 48.2 Å². The van der Waals surface area contributed by atoms with Crippen molar-refractivity contribution in [2.75, 3.05) is 7.11 Å². The molecule has 0 aliphatic heterocycles. The van der Waals surface area contributed by atoms with Gasteiger partial charge in [-0.1, -0.05) is 18.2 Å². The summed E-state index contributed by atoms with van der Waals surface area (Å²) in [6, 6.07) is 12.4. The van der Waals surface area contributed by atoms with E-state index in [1.165, 1.54) is 19.3 Å². The monoisotopic (exact) mass is 332 g/mol. The first-order valence-corrected chi connectivity index (χ1v) is 7.65. The fourth-order valence-corrected chi connectivity index (χ4v) is 2.80. The van der Waals surface area contributed by atoms with Gasteiger partial charge in [0, 0.05) is 22.7 Å². The third-order valence-electron chi connectivity index (χ3n) is 4.04. The summed E-state index contributed by atoms with van der Waals surface area (Å²) < 4.78 is 4.99. The molecule has 0 unspecified atom stereocenters. The molecule has 0 saturated heterocycles. The van der Waals surface area contributed by atoms with E-state index in [-0.39, 0.29) is 17.1 Å². The van der Waals surface area contributed by atoms with Crippen molar-refractivity contribution in [3.05, 3.63) is 64.9 Å². The van der Waals surface area contributed by atoms with E-state index in [1.54, 1.807) is 18.3 Å². The van der Waals surface area contributed by atoms with E-state index in [9.17, 15) is 15.2 Å². The minimum Gasteiger partial charge on any atom is -0.504 e. The predicted molar refractivity (Wildman–Crippen MR) is 95.6 cm³/mol. The van der Waals surface area contributed by atoms with Crippen molar-refractivity contribution in [1.82, 2.24) is 4.98 Å². The van der Waals surface area contributed by atoms with Crippen LogP contribution in [0.1, 0.15) is 21.5 Å². The number of allylic oxidation sites excluding steroid dienone is 1. The molecule has 2 N–H and O–H groups in total. The van der Waals surface area contributed by atoms with Crippen molar-refractivity contribution in [3.8, 4) is 17.6 Å². The molecule has 2 aromatic carbocycles. The van der Waals surface area contributed by atoms with E-state index in [0.717, 1.165) is 16.5 Å². The Morgan fingerprint density at radius 1 is 1.32 bits per heavy atom. The third-order valence-corrected chi connectivity index (χ3v) is 4.04. The van der Waals surface area contributed by atoms with Crippen LogP contribution < -0.4 is 4.74 Å². The second-order valence-corrected chi connectivity index (χ2v) is 5.63. The highest BCUT2D eigenvalue weighted by atomic mass is 16.5. The van der Waals surface area contributed by atoms with Gasteiger partial charge in [-0.15, -0.1) is 0 Å². The number of aryl methyl sites for hydroxylation is 1. The van der Waals surface area contributed by atoms with Gasteiger partial charge in [-0.3, -0.25) is 4.79 Å². The summed E-state index contributed by atoms with van der Waals surface area (Å²) in [4.78, 5) is 15.9. The smallest absolute Gasteiger partial charge is 0.205 e. The Labute approximate surface area is 144 Å². The number of nitrogens with one attached hydrogen (secondary N) is 1. The van der Waals surface area contributed by atoms with Gasteiger partial charge in [0.15, 0.2) is 11.5 Å². The van der Waals surface area contributed by atoms with E-state index < -0.39 is 0 Å². The van der Waals surface area contributed by atoms with E-state index in [1.807, 2.05) is 31.2 Å². The summed E-state index contributed by atoms with van der Waals surface area (Å²) in [7, 11) is 1.45. The van der Waals surface area contributed by atoms with Crippen LogP contribution in [-0.4, -0.2) is 23.0 Å². The molecule has 0 fully saturated rings. The molecule has 0 spiro atoms. The average Bonchev–Trinajstić information content (AvgIpc) is 3.05. The number of carbonyl (C=O) groups excluding carboxylic acids is 1. The van der Waals surface area contributed by atoms with Gasteiger partial charge in [0.1, 0.15) is 11.6 Å². The summed E-state index contributed by atoms with van der Waals surface area (Å²) in [5, 5.41) is 20.1. The first-order valence-electron chi connectivity index (χ1n) is 7.65. The Morgan fingerprint density at radius 2 is 2.12 bits per heavy atom. The molecule has 0 aliphatic carbocycles. The van der Waals surface area contributed by atoms with Crippen molar-refractivity contribution in [1.29, 1.82) is 5.26 Å². The average molecular weight is 332 g/mol. The van der Waals surface area contributed by atoms with Crippen LogP contribution in [0.5, 0.6) is 11.5 Å². The number of methoxy groups -OCH3 is 1. The van der Waals surface area contributed by atoms with Crippen LogP contribution in [0.2, 0.25) is 0 Å². The zero-order chi connectivity index (χ0) is 18.0. The number of fused-ring (bicyclic) bond motifs is 1. The van der Waals surface area contributed by atoms with Crippen molar-refractivity contribution >= 4 is 22.8 Å². The molecule has 124 valence electrons. The lowest BCUT2D eigenvalue weighted by atomic mass is 9.99. The Bertz CT molecular complexity index is 1040. The summed E-state index contributed by atoms with van der Waals surface area (Å²) in [5.74, 6) is -0.0866. The number of nitriles is 1. The van der Waals surface area contributed by atoms with Crippen LogP contribution in [-0.2, 0) is 0 Å². The Kier molecular flexibility index (Phi) is 4.27. The normalized spacial score (nSPS) is 11.3. The number of carbonyl (C=O) groups is 1. The summed E-state index contributed by atoms with van der Waals surface area (Å²) in [6.45, 7) is 1.92. The number of ether oxygens (including phenoxy) is 1. The summed E-state index contributed by atoms with van der Waals surface area (Å²) >= 11 is 0. The second-order valence-electron chi connectivity index (χ2n) is 5.63. The number of aromatic nitrogens is 1. The van der Waals surface area contributed by atoms with Crippen LogP contribution in [0.3, 0.4) is 0 Å². The number of phenols is 1. The number of hydrogen-bond donors (Lipinski definition) is 2. The minimum absolute atomic E-state index is 0.00581. The van der Waals surface area contributed by atoms with Gasteiger partial charge >= 0.3 is 0 Å². The lowest BCUT2D eigenvalue weighted by Gasteiger charge is -2.04. The van der Waals surface area contributed by atoms with E-state index >= 15 is 0 Å². The maximum atomic E-state index is 12.8. The highest BCUT2D eigenvalue weighted by Gasteiger charge is 2.18. The summed E-state index contributed by atoms with van der Waals surface area (Å²) in [6.07, 6.45) is 3.08. The number of Topliss-reactive ketones (excluding diaryl/α,β-unsaturated/α-hetero) is 1. The number of ketones is 1. The molecule has 0 bridgehead atoms. The van der Waals surface area contributed by atoms with Crippen molar-refractivity contribution in [3.63, 3.8) is 0 Å². The van der Waals surface area contributed by atoms with Gasteiger partial charge in [0.2, 0.25) is 5.78 Å². The molecule has 1 aromatic heterocycles. The number of phenolic OH excluding ortho intramolecular Hbond substituents is 1. The number of hydrogen-bond acceptors (Lipinski definition) is 4. The number of H-pyrrole nitrogens is 1. The van der Waals surface area contributed by atoms with Gasteiger partial charge in [-0.2, -0.15) is 5.26 Å². The van der Waals surface area contributed by atoms with Gasteiger partial charge in [-0.25, -0.2) is 0 Å². The SMILES string of the molecule is COc1ccc(C=C(C#N)C(=O)c2c[nH]c3cccc(C)c23)cc1O. The van der Waals surface area contributed by atoms with Crippen LogP contribution >= 0.6 is 0 Å². The van der Waals surface area contributed by atoms with Gasteiger partial charge in [0.25, 0.3) is 0 Å². The molecule has 5 heteroatoms. The molecular weight excluding hydrogens is 316 g/mol. The Balaban J connectivity index is 2.04. The first-order chi connectivity index (χ1) is 12.0. The second kappa shape index (κ2) is 6.54. The first kappa shape index (κ1) is 16.3. The fourth-order valence-electron chi connectivity index (χ4n) is 2.80. The van der Waals surface area contributed by atoms with Crippen LogP contribution in [0.4, 0.5) is 0 Å². The Morgan fingerprint density at radius 3 is 2.80 bits per heavy atom. The molecule has 5 nitrogen and oxygen atoms in total. The molecule has 3 rings (SSSR count). The number of aromatic hydroxyl groups is 1. The van der Waals surface area contributed by atoms with Gasteiger partial charge in [0.05, 0.1) is 7.11 Å². The maximum absolute atomic E-state index is 12.8. The van der Waals surface area contributed by atoms with Gasteiger partial charge in [-0.05, 0) is 42.3 Å². The van der Waals surface area contributed by atoms with E-state index in [4.69, 9.17) is 4.74 Å². The molecule has 1 heterocycles. The zero-order valence-corrected chi connectivity index (χ0v) is 13.8. The molecule has 3 aromatic rings. The van der Waals surface area contributed by atoms with Crippen molar-refractivity contribution < 1.29 is 14.6 Å². The Hall–Kier alpha value is -3.52. The number of nitrogens with zero attached hydrogens (tertiary/aromatic N) is 1. The molecule has 25 heavy (non-hydrogen) atoms. The lowest BCUT2D eigenvalue weighted by molar-refractivity contribution is 0.104. The fraction of sp³-hybridized carbons (Fsp3) is 0.100. The van der Waals surface area contributed by atoms with Gasteiger partial charge < -0.3 is 14.8 Å². The quantitative estimate of drug-likeness (QED) is 0.430. The molecule has 0 radical (unpaired) electrons. The number of rotatable bonds is 4. The lowest BCUT2D eigenvalue weighted by Crippen LogP contribution is -2.01. The third kappa shape index (κ3) is 2.98. The zero-order valence-electron chi connectivity index (χ0n) is 13.8. The molecule has 0 atom stereocenters.